The van der Waals surface area contributed by atoms with Crippen molar-refractivity contribution in [3.63, 3.8) is 0 Å². The van der Waals surface area contributed by atoms with Crippen molar-refractivity contribution < 1.29 is 4.52 Å². The fourth-order valence-electron chi connectivity index (χ4n) is 2.11. The molecule has 24 heavy (non-hydrogen) atoms. The summed E-state index contributed by atoms with van der Waals surface area (Å²) in [5, 5.41) is 11.1. The number of rotatable bonds is 4. The van der Waals surface area contributed by atoms with Crippen LogP contribution in [-0.2, 0) is 6.54 Å². The first-order valence-corrected chi connectivity index (χ1v) is 8.09. The topological polar surface area (TPSA) is 63.0 Å². The molecule has 0 fully saturated rings. The monoisotopic (exact) mass is 358 g/mol. The number of hydrogen-bond donors (Lipinski definition) is 2. The van der Waals surface area contributed by atoms with Crippen LogP contribution in [0.3, 0.4) is 0 Å². The molecule has 0 amide bonds. The Bertz CT molecular complexity index is 865. The second-order valence-electron chi connectivity index (χ2n) is 5.17. The Morgan fingerprint density at radius 3 is 2.83 bits per heavy atom. The largest absolute Gasteiger partial charge is 0.353 e. The summed E-state index contributed by atoms with van der Waals surface area (Å²) in [6.07, 6.45) is 0. The molecule has 0 bridgehead atoms. The lowest BCUT2D eigenvalue weighted by molar-refractivity contribution is 0.376. The molecule has 0 aliphatic heterocycles. The first kappa shape index (κ1) is 16.4. The van der Waals surface area contributed by atoms with Crippen LogP contribution in [-0.4, -0.2) is 15.3 Å². The normalized spacial score (nSPS) is 10.4. The molecule has 0 saturated heterocycles. The van der Waals surface area contributed by atoms with Gasteiger partial charge in [0.05, 0.1) is 17.3 Å². The maximum Gasteiger partial charge on any atom is 0.246 e. The third-order valence-corrected chi connectivity index (χ3v) is 3.84. The SMILES string of the molecule is Cc1cccc(-c2noc(CNC(=S)Nc3ccccc3Cl)n2)c1. The minimum atomic E-state index is 0.328. The van der Waals surface area contributed by atoms with Crippen LogP contribution in [0.4, 0.5) is 5.69 Å². The van der Waals surface area contributed by atoms with Crippen LogP contribution < -0.4 is 10.6 Å². The van der Waals surface area contributed by atoms with E-state index in [0.29, 0.717) is 28.4 Å². The molecular weight excluding hydrogens is 344 g/mol. The summed E-state index contributed by atoms with van der Waals surface area (Å²) in [6, 6.07) is 15.3. The molecular formula is C17H15ClN4OS. The number of anilines is 1. The average Bonchev–Trinajstić information content (AvgIpc) is 3.04. The van der Waals surface area contributed by atoms with Crippen LogP contribution in [0, 0.1) is 6.92 Å². The Kier molecular flexibility index (Phi) is 5.08. The first-order chi connectivity index (χ1) is 11.6. The highest BCUT2D eigenvalue weighted by Gasteiger charge is 2.09. The Morgan fingerprint density at radius 2 is 2.04 bits per heavy atom. The van der Waals surface area contributed by atoms with Gasteiger partial charge in [0.15, 0.2) is 5.11 Å². The van der Waals surface area contributed by atoms with Gasteiger partial charge in [0.25, 0.3) is 0 Å². The molecule has 0 aliphatic carbocycles. The van der Waals surface area contributed by atoms with Crippen LogP contribution in [0.25, 0.3) is 11.4 Å². The molecule has 2 aromatic carbocycles. The number of hydrogen-bond acceptors (Lipinski definition) is 4. The Morgan fingerprint density at radius 1 is 1.21 bits per heavy atom. The smallest absolute Gasteiger partial charge is 0.246 e. The highest BCUT2D eigenvalue weighted by Crippen LogP contribution is 2.20. The van der Waals surface area contributed by atoms with Crippen LogP contribution in [0.15, 0.2) is 53.1 Å². The van der Waals surface area contributed by atoms with Gasteiger partial charge in [-0.15, -0.1) is 0 Å². The fraction of sp³-hybridized carbons (Fsp3) is 0.118. The Labute approximate surface area is 150 Å². The van der Waals surface area contributed by atoms with Crippen LogP contribution in [0.2, 0.25) is 5.02 Å². The molecule has 0 radical (unpaired) electrons. The van der Waals surface area contributed by atoms with Gasteiger partial charge in [-0.2, -0.15) is 4.98 Å². The zero-order chi connectivity index (χ0) is 16.9. The maximum absolute atomic E-state index is 6.08. The van der Waals surface area contributed by atoms with Crippen LogP contribution in [0.5, 0.6) is 0 Å². The predicted molar refractivity (Wildman–Crippen MR) is 99.0 cm³/mol. The van der Waals surface area contributed by atoms with E-state index in [1.165, 1.54) is 0 Å². The van der Waals surface area contributed by atoms with E-state index in [4.69, 9.17) is 28.3 Å². The number of thiocarbonyl (C=S) groups is 1. The van der Waals surface area contributed by atoms with Crippen molar-refractivity contribution in [2.24, 2.45) is 0 Å². The van der Waals surface area contributed by atoms with Crippen LogP contribution >= 0.6 is 23.8 Å². The van der Waals surface area contributed by atoms with E-state index < -0.39 is 0 Å². The quantitative estimate of drug-likeness (QED) is 0.682. The third kappa shape index (κ3) is 4.10. The number of para-hydroxylation sites is 1. The van der Waals surface area contributed by atoms with Gasteiger partial charge in [-0.05, 0) is 37.3 Å². The molecule has 1 heterocycles. The second kappa shape index (κ2) is 7.42. The molecule has 0 saturated carbocycles. The first-order valence-electron chi connectivity index (χ1n) is 7.31. The number of halogens is 1. The summed E-state index contributed by atoms with van der Waals surface area (Å²) in [7, 11) is 0. The molecule has 2 N–H and O–H groups in total. The number of nitrogens with zero attached hydrogens (tertiary/aromatic N) is 2. The van der Waals surface area contributed by atoms with Gasteiger partial charge in [0.1, 0.15) is 0 Å². The molecule has 0 spiro atoms. The molecule has 5 nitrogen and oxygen atoms in total. The van der Waals surface area contributed by atoms with E-state index in [9.17, 15) is 0 Å². The average molecular weight is 359 g/mol. The summed E-state index contributed by atoms with van der Waals surface area (Å²) < 4.78 is 5.25. The van der Waals surface area contributed by atoms with Gasteiger partial charge in [-0.1, -0.05) is 52.7 Å². The highest BCUT2D eigenvalue weighted by molar-refractivity contribution is 7.80. The van der Waals surface area contributed by atoms with Crippen LogP contribution in [0.1, 0.15) is 11.5 Å². The fourth-order valence-corrected chi connectivity index (χ4v) is 2.48. The summed E-state index contributed by atoms with van der Waals surface area (Å²) in [6.45, 7) is 2.35. The van der Waals surface area contributed by atoms with Gasteiger partial charge >= 0.3 is 0 Å². The van der Waals surface area contributed by atoms with Crippen molar-refractivity contribution >= 4 is 34.6 Å². The second-order valence-corrected chi connectivity index (χ2v) is 5.98. The number of aromatic nitrogens is 2. The molecule has 7 heteroatoms. The zero-order valence-corrected chi connectivity index (χ0v) is 14.5. The third-order valence-electron chi connectivity index (χ3n) is 3.27. The molecule has 0 unspecified atom stereocenters. The summed E-state index contributed by atoms with van der Waals surface area (Å²) >= 11 is 11.3. The highest BCUT2D eigenvalue weighted by atomic mass is 35.5. The zero-order valence-electron chi connectivity index (χ0n) is 12.9. The van der Waals surface area contributed by atoms with E-state index in [2.05, 4.69) is 20.8 Å². The van der Waals surface area contributed by atoms with E-state index in [1.807, 2.05) is 49.4 Å². The van der Waals surface area contributed by atoms with Crippen molar-refractivity contribution in [1.29, 1.82) is 0 Å². The Hall–Kier alpha value is -2.44. The van der Waals surface area contributed by atoms with Crippen molar-refractivity contribution in [3.8, 4) is 11.4 Å². The lowest BCUT2D eigenvalue weighted by atomic mass is 10.1. The number of aryl methyl sites for hydroxylation is 1. The van der Waals surface area contributed by atoms with E-state index >= 15 is 0 Å². The van der Waals surface area contributed by atoms with E-state index in [1.54, 1.807) is 6.07 Å². The van der Waals surface area contributed by atoms with Crippen molar-refractivity contribution in [2.45, 2.75) is 13.5 Å². The molecule has 3 aromatic rings. The predicted octanol–water partition coefficient (Wildman–Crippen LogP) is 4.19. The van der Waals surface area contributed by atoms with Gasteiger partial charge in [-0.3, -0.25) is 0 Å². The summed E-state index contributed by atoms with van der Waals surface area (Å²) in [5.74, 6) is 1.01. The van der Waals surface area contributed by atoms with E-state index in [0.717, 1.165) is 16.8 Å². The van der Waals surface area contributed by atoms with Crippen molar-refractivity contribution in [1.82, 2.24) is 15.5 Å². The maximum atomic E-state index is 6.08. The number of benzene rings is 2. The molecule has 122 valence electrons. The molecule has 0 atom stereocenters. The molecule has 1 aromatic heterocycles. The minimum absolute atomic E-state index is 0.328. The summed E-state index contributed by atoms with van der Waals surface area (Å²) in [4.78, 5) is 4.36. The van der Waals surface area contributed by atoms with Gasteiger partial charge in [0, 0.05) is 5.56 Å². The lowest BCUT2D eigenvalue weighted by Gasteiger charge is -2.09. The van der Waals surface area contributed by atoms with Gasteiger partial charge < -0.3 is 15.2 Å². The standard InChI is InChI=1S/C17H15ClN4OS/c1-11-5-4-6-12(9-11)16-21-15(23-22-16)10-19-17(24)20-14-8-3-2-7-13(14)18/h2-9H,10H2,1H3,(H2,19,20,24). The molecule has 3 rings (SSSR count). The minimum Gasteiger partial charge on any atom is -0.353 e. The molecule has 0 aliphatic rings. The summed E-state index contributed by atoms with van der Waals surface area (Å²) in [5.41, 5.74) is 2.80. The number of nitrogens with one attached hydrogen (secondary N) is 2. The lowest BCUT2D eigenvalue weighted by Crippen LogP contribution is -2.28. The van der Waals surface area contributed by atoms with Gasteiger partial charge in [0.2, 0.25) is 11.7 Å². The Balaban J connectivity index is 1.59. The van der Waals surface area contributed by atoms with Gasteiger partial charge in [-0.25, -0.2) is 0 Å². The van der Waals surface area contributed by atoms with Crippen molar-refractivity contribution in [3.05, 3.63) is 65.0 Å². The van der Waals surface area contributed by atoms with E-state index in [-0.39, 0.29) is 0 Å². The van der Waals surface area contributed by atoms with Crippen molar-refractivity contribution in [2.75, 3.05) is 5.32 Å².